The van der Waals surface area contributed by atoms with Crippen LogP contribution < -0.4 is 15.0 Å². The fraction of sp³-hybridized carbons (Fsp3) is 0.263. The third-order valence-electron chi connectivity index (χ3n) is 4.02. The number of carbonyl (C=O) groups is 1. The van der Waals surface area contributed by atoms with Gasteiger partial charge in [-0.1, -0.05) is 23.7 Å². The van der Waals surface area contributed by atoms with E-state index in [1.54, 1.807) is 36.4 Å². The van der Waals surface area contributed by atoms with Gasteiger partial charge in [-0.25, -0.2) is 0 Å². The van der Waals surface area contributed by atoms with Crippen LogP contribution in [-0.4, -0.2) is 32.1 Å². The first-order valence-electron chi connectivity index (χ1n) is 8.02. The van der Waals surface area contributed by atoms with Crippen LogP contribution in [0.4, 0.5) is 5.69 Å². The molecule has 0 fully saturated rings. The van der Waals surface area contributed by atoms with E-state index in [-0.39, 0.29) is 11.9 Å². The van der Waals surface area contributed by atoms with Gasteiger partial charge in [-0.15, -0.1) is 0 Å². The van der Waals surface area contributed by atoms with Crippen molar-refractivity contribution in [3.63, 3.8) is 0 Å². The maximum atomic E-state index is 12.4. The van der Waals surface area contributed by atoms with E-state index in [2.05, 4.69) is 11.4 Å². The molecule has 2 aromatic rings. The Labute approximate surface area is 152 Å². The highest BCUT2D eigenvalue weighted by molar-refractivity contribution is 6.30. The second-order valence-corrected chi connectivity index (χ2v) is 6.20. The first kappa shape index (κ1) is 18.8. The van der Waals surface area contributed by atoms with E-state index in [1.807, 2.05) is 26.1 Å². The summed E-state index contributed by atoms with van der Waals surface area (Å²) in [7, 11) is 1.94. The molecule has 130 valence electrons. The van der Waals surface area contributed by atoms with Crippen molar-refractivity contribution in [2.75, 3.05) is 25.5 Å². The smallest absolute Gasteiger partial charge is 0.282 e. The van der Waals surface area contributed by atoms with Crippen LogP contribution in [0.5, 0.6) is 5.75 Å². The second kappa shape index (κ2) is 9.07. The van der Waals surface area contributed by atoms with Crippen LogP contribution in [0.25, 0.3) is 0 Å². The molecule has 2 aromatic carbocycles. The van der Waals surface area contributed by atoms with Crippen LogP contribution >= 0.6 is 11.6 Å². The summed E-state index contributed by atoms with van der Waals surface area (Å²) in [5, 5.41) is 12.6. The molecule has 2 N–H and O–H groups in total. The molecule has 2 rings (SSSR count). The molecule has 2 atom stereocenters. The van der Waals surface area contributed by atoms with Crippen molar-refractivity contribution in [1.82, 2.24) is 0 Å². The molecule has 0 aromatic heterocycles. The van der Waals surface area contributed by atoms with Crippen LogP contribution in [0.3, 0.4) is 0 Å². The lowest BCUT2D eigenvalue weighted by Crippen LogP contribution is -3.14. The van der Waals surface area contributed by atoms with Gasteiger partial charge in [0.15, 0.2) is 6.04 Å². The number of carbonyl (C=O) groups excluding carboxylic acids is 1. The maximum absolute atomic E-state index is 12.4. The van der Waals surface area contributed by atoms with Gasteiger partial charge in [0.25, 0.3) is 5.91 Å². The van der Waals surface area contributed by atoms with Gasteiger partial charge in [0, 0.05) is 5.02 Å². The van der Waals surface area contributed by atoms with Gasteiger partial charge in [0.2, 0.25) is 0 Å². The predicted molar refractivity (Wildman–Crippen MR) is 97.9 cm³/mol. The molecular formula is C19H21ClN3O2+. The highest BCUT2D eigenvalue weighted by atomic mass is 35.5. The zero-order valence-corrected chi connectivity index (χ0v) is 15.0. The molecule has 0 spiro atoms. The van der Waals surface area contributed by atoms with E-state index in [9.17, 15) is 4.79 Å². The number of hydrogen-bond donors (Lipinski definition) is 2. The number of quaternary nitrogens is 1. The van der Waals surface area contributed by atoms with E-state index in [1.165, 1.54) is 0 Å². The number of nitrogens with zero attached hydrogens (tertiary/aromatic N) is 1. The molecule has 0 aliphatic heterocycles. The number of anilines is 1. The number of hydrogen-bond acceptors (Lipinski definition) is 3. The lowest BCUT2D eigenvalue weighted by Gasteiger charge is -2.21. The fourth-order valence-corrected chi connectivity index (χ4v) is 2.36. The Morgan fingerprint density at radius 3 is 2.64 bits per heavy atom. The van der Waals surface area contributed by atoms with Crippen LogP contribution in [0, 0.1) is 11.3 Å². The molecule has 6 heteroatoms. The van der Waals surface area contributed by atoms with E-state index < -0.39 is 0 Å². The lowest BCUT2D eigenvalue weighted by atomic mass is 10.2. The topological polar surface area (TPSA) is 66.6 Å². The van der Waals surface area contributed by atoms with Gasteiger partial charge in [0.05, 0.1) is 18.3 Å². The van der Waals surface area contributed by atoms with Crippen molar-refractivity contribution in [2.24, 2.45) is 0 Å². The summed E-state index contributed by atoms with van der Waals surface area (Å²) < 4.78 is 5.66. The largest absolute Gasteiger partial charge is 0.488 e. The van der Waals surface area contributed by atoms with Gasteiger partial charge in [0.1, 0.15) is 25.0 Å². The molecule has 5 nitrogen and oxygen atoms in total. The molecule has 1 unspecified atom stereocenters. The van der Waals surface area contributed by atoms with E-state index in [4.69, 9.17) is 21.6 Å². The Morgan fingerprint density at radius 1 is 1.28 bits per heavy atom. The zero-order chi connectivity index (χ0) is 18.2. The second-order valence-electron chi connectivity index (χ2n) is 5.77. The molecule has 0 bridgehead atoms. The van der Waals surface area contributed by atoms with Crippen molar-refractivity contribution < 1.29 is 14.4 Å². The lowest BCUT2D eigenvalue weighted by molar-refractivity contribution is -0.894. The third-order valence-corrected chi connectivity index (χ3v) is 4.27. The average Bonchev–Trinajstić information content (AvgIpc) is 2.63. The summed E-state index contributed by atoms with van der Waals surface area (Å²) in [6, 6.07) is 15.9. The third kappa shape index (κ3) is 5.49. The van der Waals surface area contributed by atoms with Crippen LogP contribution in [-0.2, 0) is 4.79 Å². The first-order chi connectivity index (χ1) is 12.0. The molecule has 0 saturated heterocycles. The minimum absolute atomic E-state index is 0.133. The summed E-state index contributed by atoms with van der Waals surface area (Å²) in [5.41, 5.74) is 0.985. The van der Waals surface area contributed by atoms with Crippen molar-refractivity contribution in [1.29, 1.82) is 5.26 Å². The number of nitriles is 1. The Bertz CT molecular complexity index is 756. The Kier molecular flexibility index (Phi) is 6.81. The average molecular weight is 359 g/mol. The predicted octanol–water partition coefficient (Wildman–Crippen LogP) is 2.13. The van der Waals surface area contributed by atoms with Crippen LogP contribution in [0.1, 0.15) is 12.5 Å². The van der Waals surface area contributed by atoms with Gasteiger partial charge < -0.3 is 15.0 Å². The number of benzene rings is 2. The van der Waals surface area contributed by atoms with E-state index in [0.29, 0.717) is 29.4 Å². The monoisotopic (exact) mass is 358 g/mol. The Morgan fingerprint density at radius 2 is 1.96 bits per heavy atom. The summed E-state index contributed by atoms with van der Waals surface area (Å²) in [4.78, 5) is 13.4. The SMILES string of the molecule is C[C@H](C(=O)Nc1ccccc1C#N)[NH+](C)CCOc1ccc(Cl)cc1. The van der Waals surface area contributed by atoms with Crippen molar-refractivity contribution in [2.45, 2.75) is 13.0 Å². The van der Waals surface area contributed by atoms with Gasteiger partial charge >= 0.3 is 0 Å². The Hall–Kier alpha value is -2.55. The molecule has 0 aliphatic rings. The highest BCUT2D eigenvalue weighted by Crippen LogP contribution is 2.15. The molecule has 0 heterocycles. The number of amides is 1. The zero-order valence-electron chi connectivity index (χ0n) is 14.3. The molecule has 1 amide bonds. The fourth-order valence-electron chi connectivity index (χ4n) is 2.23. The summed E-state index contributed by atoms with van der Waals surface area (Å²) in [5.74, 6) is 0.615. The number of rotatable bonds is 7. The summed E-state index contributed by atoms with van der Waals surface area (Å²) in [6.07, 6.45) is 0. The minimum atomic E-state index is -0.277. The summed E-state index contributed by atoms with van der Waals surface area (Å²) >= 11 is 5.84. The van der Waals surface area contributed by atoms with Gasteiger partial charge in [-0.05, 0) is 43.3 Å². The van der Waals surface area contributed by atoms with Crippen molar-refractivity contribution in [3.8, 4) is 11.8 Å². The van der Waals surface area contributed by atoms with Crippen LogP contribution in [0.2, 0.25) is 5.02 Å². The number of halogens is 1. The molecule has 0 aliphatic carbocycles. The quantitative estimate of drug-likeness (QED) is 0.796. The minimum Gasteiger partial charge on any atom is -0.488 e. The molecule has 0 saturated carbocycles. The van der Waals surface area contributed by atoms with E-state index >= 15 is 0 Å². The summed E-state index contributed by atoms with van der Waals surface area (Å²) in [6.45, 7) is 3.00. The number of likely N-dealkylation sites (N-methyl/N-ethyl adjacent to an activating group) is 1. The molecular weight excluding hydrogens is 338 g/mol. The Balaban J connectivity index is 1.84. The molecule has 25 heavy (non-hydrogen) atoms. The van der Waals surface area contributed by atoms with Crippen LogP contribution in [0.15, 0.2) is 48.5 Å². The normalized spacial score (nSPS) is 12.7. The van der Waals surface area contributed by atoms with Crippen molar-refractivity contribution >= 4 is 23.2 Å². The van der Waals surface area contributed by atoms with Gasteiger partial charge in [-0.3, -0.25) is 4.79 Å². The maximum Gasteiger partial charge on any atom is 0.282 e. The number of ether oxygens (including phenoxy) is 1. The molecule has 0 radical (unpaired) electrons. The highest BCUT2D eigenvalue weighted by Gasteiger charge is 2.22. The first-order valence-corrected chi connectivity index (χ1v) is 8.39. The standard InChI is InChI=1S/C19H20ClN3O2/c1-14(19(24)22-18-6-4-3-5-15(18)13-21)23(2)11-12-25-17-9-7-16(20)8-10-17/h3-10,14H,11-12H2,1-2H3,(H,22,24)/p+1/t14-/m1/s1. The number of para-hydroxylation sites is 1. The number of nitrogens with one attached hydrogen (secondary N) is 2. The van der Waals surface area contributed by atoms with Crippen molar-refractivity contribution in [3.05, 3.63) is 59.1 Å². The van der Waals surface area contributed by atoms with E-state index in [0.717, 1.165) is 10.6 Å². The van der Waals surface area contributed by atoms with Gasteiger partial charge in [-0.2, -0.15) is 5.26 Å².